The van der Waals surface area contributed by atoms with Crippen LogP contribution in [0, 0.1) is 60.2 Å². The van der Waals surface area contributed by atoms with Crippen molar-refractivity contribution in [2.75, 3.05) is 19.8 Å². The molecule has 1 unspecified atom stereocenters. The van der Waals surface area contributed by atoms with Crippen LogP contribution < -0.4 is 5.32 Å². The molecule has 6 nitrogen and oxygen atoms in total. The highest BCUT2D eigenvalue weighted by Crippen LogP contribution is 2.28. The van der Waals surface area contributed by atoms with E-state index in [1.165, 1.54) is 0 Å². The van der Waals surface area contributed by atoms with Gasteiger partial charge in [-0.15, -0.1) is 12.8 Å². The van der Waals surface area contributed by atoms with Crippen LogP contribution in [0.4, 0.5) is 0 Å². The molecule has 36 heavy (non-hydrogen) atoms. The molecule has 1 aliphatic rings. The van der Waals surface area contributed by atoms with Gasteiger partial charge in [-0.25, -0.2) is 0 Å². The molecule has 0 aromatic carbocycles. The van der Waals surface area contributed by atoms with Gasteiger partial charge in [0.1, 0.15) is 18.3 Å². The zero-order valence-electron chi connectivity index (χ0n) is 22.6. The summed E-state index contributed by atoms with van der Waals surface area (Å²) < 4.78 is 24.0. The van der Waals surface area contributed by atoms with E-state index in [0.717, 1.165) is 32.2 Å². The molecule has 1 saturated heterocycles. The Morgan fingerprint density at radius 1 is 0.889 bits per heavy atom. The lowest BCUT2D eigenvalue weighted by molar-refractivity contribution is -0.118. The van der Waals surface area contributed by atoms with Crippen molar-refractivity contribution in [1.29, 1.82) is 0 Å². The Labute approximate surface area is 218 Å². The number of hydrogen-bond acceptors (Lipinski definition) is 5. The number of unbranched alkanes of at least 4 members (excludes halogenated alkanes) is 3. The molecule has 6 heteroatoms. The molecule has 0 saturated carbocycles. The molecule has 0 aromatic heterocycles. The van der Waals surface area contributed by atoms with Gasteiger partial charge in [0.05, 0.1) is 24.9 Å². The predicted molar refractivity (Wildman–Crippen MR) is 143 cm³/mol. The van der Waals surface area contributed by atoms with Crippen LogP contribution in [0.25, 0.3) is 0 Å². The van der Waals surface area contributed by atoms with Crippen LogP contribution in [0.2, 0.25) is 0 Å². The lowest BCUT2D eigenvalue weighted by Gasteiger charge is -2.26. The summed E-state index contributed by atoms with van der Waals surface area (Å²) in [6.45, 7) is 13.7. The summed E-state index contributed by atoms with van der Waals surface area (Å²) in [4.78, 5) is 10.8. The van der Waals surface area contributed by atoms with E-state index in [2.05, 4.69) is 52.7 Å². The fraction of sp³-hybridized carbons (Fsp3) is 0.633. The van der Waals surface area contributed by atoms with Crippen molar-refractivity contribution in [3.05, 3.63) is 0 Å². The van der Waals surface area contributed by atoms with E-state index in [1.807, 2.05) is 34.6 Å². The van der Waals surface area contributed by atoms with Gasteiger partial charge in [-0.05, 0) is 94.8 Å². The number of ether oxygens (including phenoxy) is 4. The molecule has 0 aliphatic carbocycles. The molecule has 1 N–H and O–H groups in total. The van der Waals surface area contributed by atoms with Crippen molar-refractivity contribution >= 4 is 5.91 Å². The average Bonchev–Trinajstić information content (AvgIpc) is 3.10. The van der Waals surface area contributed by atoms with Gasteiger partial charge in [0.25, 0.3) is 0 Å². The Bertz CT molecular complexity index is 856. The third kappa shape index (κ3) is 17.5. The van der Waals surface area contributed by atoms with Gasteiger partial charge in [-0.1, -0.05) is 12.8 Å². The summed E-state index contributed by atoms with van der Waals surface area (Å²) in [6.07, 6.45) is 13.9. The van der Waals surface area contributed by atoms with Crippen molar-refractivity contribution in [3.8, 4) is 60.2 Å². The molecular formula is C30H41NO5. The van der Waals surface area contributed by atoms with Crippen LogP contribution >= 0.6 is 0 Å². The summed E-state index contributed by atoms with van der Waals surface area (Å²) >= 11 is 0. The summed E-state index contributed by atoms with van der Waals surface area (Å²) in [5, 5.41) is 2.82. The maximum Gasteiger partial charge on any atom is 0.216 e. The highest BCUT2D eigenvalue weighted by Gasteiger charge is 2.44. The molecule has 1 aliphatic heterocycles. The normalized spacial score (nSPS) is 19.7. The van der Waals surface area contributed by atoms with Crippen LogP contribution in [0.3, 0.4) is 0 Å². The van der Waals surface area contributed by atoms with Gasteiger partial charge >= 0.3 is 0 Å². The van der Waals surface area contributed by atoms with Crippen molar-refractivity contribution < 1.29 is 23.7 Å². The summed E-state index contributed by atoms with van der Waals surface area (Å²) in [5.41, 5.74) is 0. The van der Waals surface area contributed by atoms with Gasteiger partial charge in [0.15, 0.2) is 0 Å². The van der Waals surface area contributed by atoms with Crippen LogP contribution in [0.15, 0.2) is 0 Å². The van der Waals surface area contributed by atoms with Crippen LogP contribution in [0.1, 0.15) is 67.2 Å². The quantitative estimate of drug-likeness (QED) is 0.314. The molecular weight excluding hydrogens is 454 g/mol. The zero-order chi connectivity index (χ0) is 27.2. The molecule has 0 spiro atoms. The van der Waals surface area contributed by atoms with E-state index in [1.54, 1.807) is 6.92 Å². The first-order valence-electron chi connectivity index (χ1n) is 12.4. The maximum atomic E-state index is 10.8. The number of terminal acetylenes is 2. The molecule has 1 heterocycles. The third-order valence-electron chi connectivity index (χ3n) is 4.78. The predicted octanol–water partition coefficient (Wildman–Crippen LogP) is 3.34. The van der Waals surface area contributed by atoms with Crippen LogP contribution in [-0.4, -0.2) is 62.3 Å². The Balaban J connectivity index is 0.00000103. The Kier molecular flexibility index (Phi) is 19.7. The monoisotopic (exact) mass is 495 g/mol. The lowest BCUT2D eigenvalue weighted by Crippen LogP contribution is -2.40. The van der Waals surface area contributed by atoms with E-state index >= 15 is 0 Å². The number of amides is 1. The highest BCUT2D eigenvalue weighted by atomic mass is 16.6. The van der Waals surface area contributed by atoms with Crippen molar-refractivity contribution in [3.63, 3.8) is 0 Å². The number of carbonyl (C=O) groups excluding carboxylic acids is 1. The lowest BCUT2D eigenvalue weighted by atomic mass is 10.1. The van der Waals surface area contributed by atoms with E-state index in [0.29, 0.717) is 13.2 Å². The number of nitrogens with one attached hydrogen (secondary N) is 1. The fourth-order valence-corrected chi connectivity index (χ4v) is 3.30. The molecule has 4 atom stereocenters. The zero-order valence-corrected chi connectivity index (χ0v) is 22.6. The number of hydrogen-bond donors (Lipinski definition) is 1. The largest absolute Gasteiger partial charge is 0.376 e. The van der Waals surface area contributed by atoms with Crippen LogP contribution in [-0.2, 0) is 23.7 Å². The number of rotatable bonds is 13. The second-order valence-corrected chi connectivity index (χ2v) is 8.68. The average molecular weight is 496 g/mol. The maximum absolute atomic E-state index is 10.8. The Hall–Kier alpha value is -2.89. The molecule has 1 fully saturated rings. The van der Waals surface area contributed by atoms with Crippen molar-refractivity contribution in [2.24, 2.45) is 0 Å². The summed E-state index contributed by atoms with van der Waals surface area (Å²) in [7, 11) is 0. The van der Waals surface area contributed by atoms with E-state index in [4.69, 9.17) is 31.8 Å². The summed E-state index contributed by atoms with van der Waals surface area (Å²) in [6, 6.07) is 0. The molecule has 0 bridgehead atoms. The second kappa shape index (κ2) is 21.4. The first-order chi connectivity index (χ1) is 17.2. The first-order valence-corrected chi connectivity index (χ1v) is 12.4. The minimum Gasteiger partial charge on any atom is -0.376 e. The smallest absolute Gasteiger partial charge is 0.216 e. The van der Waals surface area contributed by atoms with Gasteiger partial charge in [-0.3, -0.25) is 4.79 Å². The third-order valence-corrected chi connectivity index (χ3v) is 4.78. The van der Waals surface area contributed by atoms with E-state index in [-0.39, 0.29) is 42.5 Å². The topological polar surface area (TPSA) is 66.0 Å². The minimum absolute atomic E-state index is 0.000668. The molecule has 1 rings (SSSR count). The van der Waals surface area contributed by atoms with Gasteiger partial charge in [0.2, 0.25) is 5.91 Å². The Morgan fingerprint density at radius 2 is 1.47 bits per heavy atom. The van der Waals surface area contributed by atoms with Gasteiger partial charge < -0.3 is 24.3 Å². The van der Waals surface area contributed by atoms with Gasteiger partial charge in [0, 0.05) is 20.1 Å². The fourth-order valence-electron chi connectivity index (χ4n) is 3.30. The Morgan fingerprint density at radius 3 is 2.00 bits per heavy atom. The van der Waals surface area contributed by atoms with Crippen molar-refractivity contribution in [1.82, 2.24) is 5.32 Å². The van der Waals surface area contributed by atoms with Gasteiger partial charge in [-0.2, -0.15) is 0 Å². The van der Waals surface area contributed by atoms with E-state index < -0.39 is 0 Å². The minimum atomic E-state index is -0.0940. The molecule has 0 radical (unpaired) electrons. The number of carbonyl (C=O) groups is 1. The van der Waals surface area contributed by atoms with Crippen molar-refractivity contribution in [2.45, 2.75) is 104 Å². The summed E-state index contributed by atoms with van der Waals surface area (Å²) in [5.74, 6) is 18.4. The highest BCUT2D eigenvalue weighted by molar-refractivity contribution is 5.72. The SMILES string of the molecule is C#CC#CC#CC#CC#C.CC(=O)NCCCCCCO[C@H]1[C@H](C)OC(COC(C)C)[C@H]1OC(C)C. The standard InChI is InChI=1S/C20H39NO5.C10H2/c1-14(2)24-13-18-20(25-15(3)4)19(16(5)26-18)23-12-10-8-7-9-11-21-17(6)22;1-3-5-7-9-10-8-6-4-2/h14-16,18-20H,7-13H2,1-6H3,(H,21,22);1-2H/t16-,18?,19-,20+;/m0./s1. The molecule has 0 aromatic rings. The second-order valence-electron chi connectivity index (χ2n) is 8.68. The molecule has 196 valence electrons. The first kappa shape index (κ1) is 33.1. The van der Waals surface area contributed by atoms with Crippen LogP contribution in [0.5, 0.6) is 0 Å². The van der Waals surface area contributed by atoms with E-state index in [9.17, 15) is 4.79 Å². The molecule has 1 amide bonds.